The van der Waals surface area contributed by atoms with Crippen molar-refractivity contribution in [1.82, 2.24) is 73.6 Å². The van der Waals surface area contributed by atoms with E-state index in [1.54, 1.807) is 0 Å². The third-order valence-electron chi connectivity index (χ3n) is 21.0. The van der Waals surface area contributed by atoms with Gasteiger partial charge in [-0.15, -0.1) is 0 Å². The largest absolute Gasteiger partial charge is 0.481 e. The van der Waals surface area contributed by atoms with Crippen molar-refractivity contribution in [1.29, 1.82) is 0 Å². The molecule has 14 atom stereocenters. The second-order valence-electron chi connectivity index (χ2n) is 31.5. The van der Waals surface area contributed by atoms with Crippen molar-refractivity contribution in [2.45, 2.75) is 282 Å². The zero-order valence-corrected chi connectivity index (χ0v) is 66.6. The van der Waals surface area contributed by atoms with E-state index in [1.165, 1.54) is 25.7 Å². The smallest absolute Gasteiger partial charge is 0.303 e. The topological polar surface area (TPSA) is 453 Å². The molecule has 28 nitrogen and oxygen atoms in total. The second-order valence-corrected chi connectivity index (χ2v) is 31.5. The third kappa shape index (κ3) is 49.4. The molecule has 103 heavy (non-hydrogen) atoms. The highest BCUT2D eigenvalue weighted by Gasteiger charge is 2.34. The van der Waals surface area contributed by atoms with Crippen molar-refractivity contribution in [3.8, 4) is 0 Å². The van der Waals surface area contributed by atoms with Crippen molar-refractivity contribution in [2.75, 3.05) is 151 Å². The average molecular weight is 1470 g/mol. The first-order chi connectivity index (χ1) is 49.5. The van der Waals surface area contributed by atoms with Crippen LogP contribution in [0.1, 0.15) is 204 Å². The number of aliphatic carboxylic acids is 2. The molecule has 0 saturated carbocycles. The number of carboxylic acids is 2. The van der Waals surface area contributed by atoms with Crippen LogP contribution in [0.4, 0.5) is 0 Å². The van der Waals surface area contributed by atoms with E-state index in [2.05, 4.69) is 139 Å². The number of carbonyl (C=O) groups is 2. The molecule has 0 spiro atoms. The Morgan fingerprint density at radius 1 is 0.456 bits per heavy atom. The summed E-state index contributed by atoms with van der Waals surface area (Å²) in [6.07, 6.45) is 19.5. The number of hydrogen-bond donors (Lipinski definition) is 22. The zero-order valence-electron chi connectivity index (χ0n) is 66.6. The van der Waals surface area contributed by atoms with Crippen LogP contribution in [0.25, 0.3) is 0 Å². The van der Waals surface area contributed by atoms with Crippen LogP contribution in [0.15, 0.2) is 9.98 Å². The monoisotopic (exact) mass is 1470 g/mol. The minimum atomic E-state index is -0.803. The Balaban J connectivity index is 2.08. The average Bonchev–Trinajstić information content (AvgIpc) is 1.72. The summed E-state index contributed by atoms with van der Waals surface area (Å²) in [5.41, 5.74) is 40.2. The van der Waals surface area contributed by atoms with Crippen LogP contribution in [-0.2, 0) is 9.59 Å². The highest BCUT2D eigenvalue weighted by atomic mass is 16.4. The first kappa shape index (κ1) is 95.8. The van der Waals surface area contributed by atoms with Crippen molar-refractivity contribution in [2.24, 2.45) is 73.8 Å². The summed E-state index contributed by atoms with van der Waals surface area (Å²) < 4.78 is 0. The van der Waals surface area contributed by atoms with Crippen molar-refractivity contribution in [3.05, 3.63) is 0 Å². The number of nitrogens with two attached hydrogens (primary N) is 7. The lowest BCUT2D eigenvalue weighted by Gasteiger charge is -2.37. The number of carboxylic acid groups (broad SMARTS) is 2. The van der Waals surface area contributed by atoms with Gasteiger partial charge in [0.05, 0.1) is 6.10 Å². The number of unbranched alkanes of at least 4 members (excludes halogenated alkanes) is 4. The van der Waals surface area contributed by atoms with Crippen LogP contribution in [0.2, 0.25) is 0 Å². The summed E-state index contributed by atoms with van der Waals surface area (Å²) in [6, 6.07) is 2.30. The maximum Gasteiger partial charge on any atom is 0.303 e. The molecular weight excluding hydrogens is 1300 g/mol. The summed E-state index contributed by atoms with van der Waals surface area (Å²) in [7, 11) is 0. The number of nitrogens with zero attached hydrogens (tertiary/aromatic N) is 4. The lowest BCUT2D eigenvalue weighted by Crippen LogP contribution is -2.56. The van der Waals surface area contributed by atoms with Gasteiger partial charge >= 0.3 is 11.9 Å². The molecule has 0 unspecified atom stereocenters. The van der Waals surface area contributed by atoms with E-state index >= 15 is 0 Å². The van der Waals surface area contributed by atoms with E-state index in [4.69, 9.17) is 40.1 Å². The molecule has 2 heterocycles. The molecule has 2 aliphatic rings. The van der Waals surface area contributed by atoms with Crippen LogP contribution in [0.5, 0.6) is 0 Å². The number of nitrogens with one attached hydrogen (secondary N) is 12. The van der Waals surface area contributed by atoms with Gasteiger partial charge in [0.25, 0.3) is 0 Å². The molecule has 0 radical (unpaired) electrons. The van der Waals surface area contributed by atoms with E-state index in [1.807, 2.05) is 6.92 Å². The number of aliphatic hydroxyl groups excluding tert-OH is 1. The van der Waals surface area contributed by atoms with E-state index < -0.39 is 18.0 Å². The van der Waals surface area contributed by atoms with Gasteiger partial charge in [0, 0.05) is 203 Å². The van der Waals surface area contributed by atoms with Crippen molar-refractivity contribution < 1.29 is 24.9 Å². The van der Waals surface area contributed by atoms with E-state index in [0.29, 0.717) is 126 Å². The number of rotatable bonds is 71. The van der Waals surface area contributed by atoms with E-state index in [9.17, 15) is 24.9 Å². The van der Waals surface area contributed by atoms with Crippen LogP contribution in [0, 0.1) is 23.7 Å². The predicted octanol–water partition coefficient (Wildman–Crippen LogP) is 1.30. The van der Waals surface area contributed by atoms with Gasteiger partial charge in [-0.05, 0) is 166 Å². The van der Waals surface area contributed by atoms with Crippen LogP contribution in [0.3, 0.4) is 0 Å². The van der Waals surface area contributed by atoms with E-state index in [0.717, 1.165) is 175 Å². The van der Waals surface area contributed by atoms with Crippen LogP contribution < -0.4 is 104 Å². The Kier molecular flexibility index (Phi) is 56.4. The van der Waals surface area contributed by atoms with Gasteiger partial charge in [-0.25, -0.2) is 0 Å². The first-order valence-corrected chi connectivity index (χ1v) is 41.0. The quantitative estimate of drug-likeness (QED) is 0.0232. The molecule has 2 fully saturated rings. The predicted molar refractivity (Wildman–Crippen MR) is 431 cm³/mol. The van der Waals surface area contributed by atoms with Gasteiger partial charge in [0.2, 0.25) is 0 Å². The van der Waals surface area contributed by atoms with Gasteiger partial charge in [-0.1, -0.05) is 81.1 Å². The summed E-state index contributed by atoms with van der Waals surface area (Å²) in [5, 5.41) is 76.5. The molecule has 0 amide bonds. The Morgan fingerprint density at radius 2 is 0.913 bits per heavy atom. The standard InChI is InChI=1S/C75H163N23O5/c1-10-58(8)71(96-52-70(59(9)99)95-51-69(57(6)7)94-48-64(27-29-73(102)103)90-45-61(22-17-34-87-74(79)80)85-33-16-12-11-14-30-76)54-98-40-20-25-68(98)53-97-39-19-24-67(97)50-93-60(21-13-15-31-77)43-84-37-38-86-62(23-18-35-88-75(81)82)46-89-63(26-28-72(100)101)47-91-66(42-56(4)5)49-92-65(41-55(2)3)44-83-36-32-78/h55-71,83-86,89-96,99H,10-54,76-78H2,1-9H3,(H,100,101)(H,102,103)(H4,79,80,87)(H4,81,82,88)/t58-,59+,60-,61-,62-,63-,64-,65-,66-,67-,68-,69+,70+,71+/m0/s1. The molecule has 0 aliphatic carbocycles. The molecule has 2 aliphatic heterocycles. The van der Waals surface area contributed by atoms with Gasteiger partial charge in [-0.3, -0.25) is 29.4 Å². The third-order valence-corrected chi connectivity index (χ3v) is 21.0. The summed E-state index contributed by atoms with van der Waals surface area (Å²) in [4.78, 5) is 37.8. The fourth-order valence-corrected chi connectivity index (χ4v) is 14.5. The normalized spacial score (nSPS) is 19.0. The van der Waals surface area contributed by atoms with Crippen LogP contribution in [-0.4, -0.2) is 278 Å². The second kappa shape index (κ2) is 60.6. The summed E-state index contributed by atoms with van der Waals surface area (Å²) in [6.45, 7) is 38.2. The van der Waals surface area contributed by atoms with Gasteiger partial charge in [0.15, 0.2) is 11.9 Å². The number of likely N-dealkylation sites (tertiary alicyclic amines) is 2. The lowest BCUT2D eigenvalue weighted by molar-refractivity contribution is -0.138. The molecule has 0 aromatic carbocycles. The van der Waals surface area contributed by atoms with Gasteiger partial charge in [-0.2, -0.15) is 0 Å². The fourth-order valence-electron chi connectivity index (χ4n) is 14.5. The Hall–Kier alpha value is -3.24. The van der Waals surface area contributed by atoms with Crippen molar-refractivity contribution >= 4 is 23.9 Å². The molecular formula is C75H163N23O5. The van der Waals surface area contributed by atoms with Gasteiger partial charge in [0.1, 0.15) is 0 Å². The zero-order chi connectivity index (χ0) is 76.0. The lowest BCUT2D eigenvalue weighted by atomic mass is 9.97. The molecule has 2 rings (SSSR count). The number of hydrogen-bond acceptors (Lipinski definition) is 22. The first-order valence-electron chi connectivity index (χ1n) is 41.0. The molecule has 608 valence electrons. The highest BCUT2D eigenvalue weighted by molar-refractivity contribution is 5.76. The summed E-state index contributed by atoms with van der Waals surface area (Å²) >= 11 is 0. The number of guanidine groups is 2. The molecule has 28 heteroatoms. The van der Waals surface area contributed by atoms with Gasteiger partial charge < -0.3 is 119 Å². The van der Waals surface area contributed by atoms with Crippen LogP contribution >= 0.6 is 0 Å². The maximum atomic E-state index is 11.9. The minimum Gasteiger partial charge on any atom is -0.481 e. The molecule has 2 saturated heterocycles. The highest BCUT2D eigenvalue weighted by Crippen LogP contribution is 2.25. The minimum absolute atomic E-state index is 0.0252. The fraction of sp³-hybridized carbons (Fsp3) is 0.947. The molecule has 0 aromatic heterocycles. The molecule has 0 bridgehead atoms. The Labute approximate surface area is 626 Å². The Bertz CT molecular complexity index is 2100. The molecule has 29 N–H and O–H groups in total. The summed E-state index contributed by atoms with van der Waals surface area (Å²) in [5.74, 6) is 0.407. The number of aliphatic imine (C=N–C) groups is 2. The van der Waals surface area contributed by atoms with E-state index in [-0.39, 0.29) is 73.1 Å². The number of aliphatic hydroxyl groups is 1. The molecule has 0 aromatic rings. The van der Waals surface area contributed by atoms with Crippen molar-refractivity contribution in [3.63, 3.8) is 0 Å². The Morgan fingerprint density at radius 3 is 1.46 bits per heavy atom. The SMILES string of the molecule is CC[C@H](C)[C@@H](CN1CCC[C@H]1CN1CCC[C@H]1CN[C@@H](CCCCN)CNCCN[C@@H](CCCN=C(N)N)CN[C@@H](CCC(=O)O)CN[C@H](CN[C@H](CNCCN)CC(C)C)CC(C)C)NC[C@@H](NC[C@@H](NC[C@H](CCC(=O)O)NC[C@H](CCCN=C(N)N)NCCCCCCN)C(C)C)[C@@H](C)O. The maximum absolute atomic E-state index is 11.9.